The maximum absolute atomic E-state index is 13.1. The number of piperidine rings is 2. The maximum Gasteiger partial charge on any atom is 0.223 e. The molecule has 0 spiro atoms. The van der Waals surface area contributed by atoms with Crippen molar-refractivity contribution in [2.45, 2.75) is 63.1 Å². The van der Waals surface area contributed by atoms with Crippen LogP contribution in [0.1, 0.15) is 50.0 Å². The highest BCUT2D eigenvalue weighted by atomic mass is 32.1. The zero-order valence-corrected chi connectivity index (χ0v) is 15.3. The number of thiazole rings is 1. The van der Waals surface area contributed by atoms with E-state index in [1.165, 1.54) is 4.70 Å². The summed E-state index contributed by atoms with van der Waals surface area (Å²) in [5.41, 5.74) is 1.03. The molecule has 1 amide bonds. The van der Waals surface area contributed by atoms with Gasteiger partial charge in [-0.15, -0.1) is 11.3 Å². The van der Waals surface area contributed by atoms with E-state index in [-0.39, 0.29) is 17.9 Å². The van der Waals surface area contributed by atoms with Gasteiger partial charge in [0.05, 0.1) is 21.3 Å². The SMILES string of the molecule is CC(CC(=O)N1C2CC3CC1CC(C2)C3O)c1nc2ccccc2s1. The number of aliphatic hydroxyl groups is 1. The minimum atomic E-state index is -0.119. The highest BCUT2D eigenvalue weighted by Gasteiger charge is 2.52. The molecule has 2 aromatic rings. The summed E-state index contributed by atoms with van der Waals surface area (Å²) in [6.45, 7) is 2.12. The second kappa shape index (κ2) is 5.78. The van der Waals surface area contributed by atoms with Crippen LogP contribution in [0, 0.1) is 11.8 Å². The van der Waals surface area contributed by atoms with Gasteiger partial charge >= 0.3 is 0 Å². The van der Waals surface area contributed by atoms with Gasteiger partial charge in [-0.25, -0.2) is 4.98 Å². The average molecular weight is 356 g/mol. The largest absolute Gasteiger partial charge is 0.393 e. The van der Waals surface area contributed by atoms with Crippen LogP contribution in [-0.2, 0) is 4.79 Å². The van der Waals surface area contributed by atoms with E-state index in [1.54, 1.807) is 11.3 Å². The second-order valence-corrected chi connectivity index (χ2v) is 9.25. The van der Waals surface area contributed by atoms with Crippen molar-refractivity contribution in [1.82, 2.24) is 9.88 Å². The topological polar surface area (TPSA) is 53.4 Å². The minimum absolute atomic E-state index is 0.119. The molecule has 1 aromatic carbocycles. The summed E-state index contributed by atoms with van der Waals surface area (Å²) in [4.78, 5) is 20.0. The first-order valence-corrected chi connectivity index (χ1v) is 10.3. The van der Waals surface area contributed by atoms with Gasteiger partial charge in [0.15, 0.2) is 0 Å². The highest BCUT2D eigenvalue weighted by Crippen LogP contribution is 2.49. The third-order valence-electron chi connectivity index (χ3n) is 6.55. The molecular weight excluding hydrogens is 332 g/mol. The van der Waals surface area contributed by atoms with Gasteiger partial charge < -0.3 is 10.0 Å². The molecule has 4 fully saturated rings. The Kier molecular flexibility index (Phi) is 3.64. The van der Waals surface area contributed by atoms with E-state index in [0.29, 0.717) is 30.3 Å². The van der Waals surface area contributed by atoms with Crippen molar-refractivity contribution in [3.8, 4) is 0 Å². The van der Waals surface area contributed by atoms with E-state index in [9.17, 15) is 9.90 Å². The Morgan fingerprint density at radius 2 is 1.88 bits per heavy atom. The van der Waals surface area contributed by atoms with Crippen LogP contribution in [0.2, 0.25) is 0 Å². The number of hydrogen-bond donors (Lipinski definition) is 1. The average Bonchev–Trinajstić information content (AvgIpc) is 3.02. The number of amides is 1. The van der Waals surface area contributed by atoms with Gasteiger partial charge in [0, 0.05) is 24.4 Å². The Balaban J connectivity index is 1.32. The summed E-state index contributed by atoms with van der Waals surface area (Å²) < 4.78 is 1.20. The predicted octanol–water partition coefficient (Wildman–Crippen LogP) is 3.55. The number of aromatic nitrogens is 1. The first kappa shape index (κ1) is 15.8. The van der Waals surface area contributed by atoms with Gasteiger partial charge in [-0.05, 0) is 49.7 Å². The minimum Gasteiger partial charge on any atom is -0.393 e. The fourth-order valence-electron chi connectivity index (χ4n) is 5.44. The molecule has 4 aliphatic rings. The molecule has 5 heteroatoms. The first-order valence-electron chi connectivity index (χ1n) is 9.45. The highest BCUT2D eigenvalue weighted by molar-refractivity contribution is 7.18. The van der Waals surface area contributed by atoms with E-state index in [2.05, 4.69) is 17.9 Å². The third-order valence-corrected chi connectivity index (χ3v) is 7.82. The molecule has 2 aliphatic carbocycles. The molecule has 2 saturated heterocycles. The molecule has 132 valence electrons. The molecule has 2 aliphatic heterocycles. The van der Waals surface area contributed by atoms with Gasteiger partial charge in [-0.2, -0.15) is 0 Å². The number of benzene rings is 1. The van der Waals surface area contributed by atoms with Gasteiger partial charge in [0.2, 0.25) is 5.91 Å². The van der Waals surface area contributed by atoms with Crippen molar-refractivity contribution in [1.29, 1.82) is 0 Å². The van der Waals surface area contributed by atoms with Crippen LogP contribution in [0.5, 0.6) is 0 Å². The van der Waals surface area contributed by atoms with Crippen molar-refractivity contribution in [3.05, 3.63) is 29.3 Å². The lowest BCUT2D eigenvalue weighted by Crippen LogP contribution is -2.64. The summed E-state index contributed by atoms with van der Waals surface area (Å²) in [6.07, 6.45) is 4.41. The number of nitrogens with zero attached hydrogens (tertiary/aromatic N) is 2. The molecule has 25 heavy (non-hydrogen) atoms. The van der Waals surface area contributed by atoms with Crippen LogP contribution in [0.3, 0.4) is 0 Å². The van der Waals surface area contributed by atoms with Crippen LogP contribution < -0.4 is 0 Å². The molecule has 1 aromatic heterocycles. The van der Waals surface area contributed by atoms with E-state index in [4.69, 9.17) is 4.98 Å². The molecule has 3 heterocycles. The number of fused-ring (bicyclic) bond motifs is 1. The molecule has 2 saturated carbocycles. The molecule has 1 atom stereocenters. The van der Waals surface area contributed by atoms with E-state index >= 15 is 0 Å². The van der Waals surface area contributed by atoms with Crippen LogP contribution >= 0.6 is 11.3 Å². The van der Waals surface area contributed by atoms with Crippen molar-refractivity contribution >= 4 is 27.5 Å². The Morgan fingerprint density at radius 3 is 2.52 bits per heavy atom. The lowest BCUT2D eigenvalue weighted by Gasteiger charge is -2.58. The fraction of sp³-hybridized carbons (Fsp3) is 0.600. The third kappa shape index (κ3) is 2.51. The standard InChI is InChI=1S/C20H24N2O2S/c1-11(20-21-16-4-2-3-5-17(16)25-20)6-18(23)22-14-7-12-8-15(22)10-13(9-14)19(12)24/h2-5,11-15,19,24H,6-10H2,1H3. The van der Waals surface area contributed by atoms with Crippen molar-refractivity contribution in [2.24, 2.45) is 11.8 Å². The number of para-hydroxylation sites is 1. The maximum atomic E-state index is 13.1. The number of aliphatic hydroxyl groups excluding tert-OH is 1. The Labute approximate surface area is 151 Å². The molecule has 6 rings (SSSR count). The molecule has 4 bridgehead atoms. The molecule has 4 nitrogen and oxygen atoms in total. The number of rotatable bonds is 3. The first-order chi connectivity index (χ1) is 12.1. The summed E-state index contributed by atoms with van der Waals surface area (Å²) in [5, 5.41) is 11.4. The van der Waals surface area contributed by atoms with Gasteiger partial charge in [0.1, 0.15) is 0 Å². The number of hydrogen-bond acceptors (Lipinski definition) is 4. The molecule has 1 N–H and O–H groups in total. The lowest BCUT2D eigenvalue weighted by atomic mass is 9.62. The number of carbonyl (C=O) groups excluding carboxylic acids is 1. The summed E-state index contributed by atoms with van der Waals surface area (Å²) >= 11 is 1.71. The smallest absolute Gasteiger partial charge is 0.223 e. The zero-order valence-electron chi connectivity index (χ0n) is 14.5. The Bertz CT molecular complexity index is 754. The molecule has 0 radical (unpaired) electrons. The van der Waals surface area contributed by atoms with E-state index in [1.807, 2.05) is 18.2 Å². The van der Waals surface area contributed by atoms with Crippen molar-refractivity contribution in [2.75, 3.05) is 0 Å². The zero-order chi connectivity index (χ0) is 17.1. The van der Waals surface area contributed by atoms with E-state index < -0.39 is 0 Å². The molecular formula is C20H24N2O2S. The predicted molar refractivity (Wildman–Crippen MR) is 98.5 cm³/mol. The van der Waals surface area contributed by atoms with Gasteiger partial charge in [-0.3, -0.25) is 4.79 Å². The van der Waals surface area contributed by atoms with Crippen molar-refractivity contribution in [3.63, 3.8) is 0 Å². The van der Waals surface area contributed by atoms with Crippen LogP contribution in [0.15, 0.2) is 24.3 Å². The molecule has 1 unspecified atom stereocenters. The fourth-order valence-corrected chi connectivity index (χ4v) is 6.46. The number of carbonyl (C=O) groups is 1. The summed E-state index contributed by atoms with van der Waals surface area (Å²) in [6, 6.07) is 8.90. The lowest BCUT2D eigenvalue weighted by molar-refractivity contribution is -0.163. The van der Waals surface area contributed by atoms with Crippen LogP contribution in [0.25, 0.3) is 10.2 Å². The van der Waals surface area contributed by atoms with Crippen LogP contribution in [-0.4, -0.2) is 39.1 Å². The second-order valence-electron chi connectivity index (χ2n) is 8.19. The van der Waals surface area contributed by atoms with Gasteiger partial charge in [0.25, 0.3) is 0 Å². The Hall–Kier alpha value is -1.46. The monoisotopic (exact) mass is 356 g/mol. The van der Waals surface area contributed by atoms with E-state index in [0.717, 1.165) is 36.2 Å². The quantitative estimate of drug-likeness (QED) is 0.915. The van der Waals surface area contributed by atoms with Crippen LogP contribution in [0.4, 0.5) is 0 Å². The normalized spacial score (nSPS) is 34.6. The Morgan fingerprint density at radius 1 is 1.24 bits per heavy atom. The van der Waals surface area contributed by atoms with Gasteiger partial charge in [-0.1, -0.05) is 19.1 Å². The van der Waals surface area contributed by atoms with Crippen molar-refractivity contribution < 1.29 is 9.90 Å². The summed E-state index contributed by atoms with van der Waals surface area (Å²) in [7, 11) is 0. The summed E-state index contributed by atoms with van der Waals surface area (Å²) in [5.74, 6) is 1.30.